The predicted molar refractivity (Wildman–Crippen MR) is 82.5 cm³/mol. The van der Waals surface area contributed by atoms with Crippen LogP contribution in [0.3, 0.4) is 0 Å². The second-order valence-corrected chi connectivity index (χ2v) is 7.46. The maximum atomic E-state index is 14.1. The lowest BCUT2D eigenvalue weighted by Crippen LogP contribution is -2.41. The molecule has 0 bridgehead atoms. The van der Waals surface area contributed by atoms with Crippen molar-refractivity contribution >= 4 is 51.1 Å². The summed E-state index contributed by atoms with van der Waals surface area (Å²) in [6.07, 6.45) is 0. The molecule has 0 radical (unpaired) electrons. The topological polar surface area (TPSA) is 18.5 Å². The summed E-state index contributed by atoms with van der Waals surface area (Å²) >= 11 is 5.33. The van der Waals surface area contributed by atoms with E-state index in [0.717, 1.165) is 4.47 Å². The van der Waals surface area contributed by atoms with E-state index in [0.29, 0.717) is 9.03 Å². The standard InChI is InChI=1S/C12H14BBrFIO2/c1-11(2)12(3,4)18-13(17-11)8-5-7(14)6-9(16)10(8)15/h5-6H,1-4H3. The first kappa shape index (κ1) is 14.7. The maximum Gasteiger partial charge on any atom is 0.497 e. The van der Waals surface area contributed by atoms with Gasteiger partial charge in [0.05, 0.1) is 11.2 Å². The summed E-state index contributed by atoms with van der Waals surface area (Å²) in [5, 5.41) is 0. The van der Waals surface area contributed by atoms with Crippen LogP contribution in [0.5, 0.6) is 0 Å². The molecule has 1 aliphatic heterocycles. The fraction of sp³-hybridized carbons (Fsp3) is 0.500. The highest BCUT2D eigenvalue weighted by Crippen LogP contribution is 2.37. The highest BCUT2D eigenvalue weighted by atomic mass is 127. The molecule has 1 aromatic rings. The Labute approximate surface area is 129 Å². The van der Waals surface area contributed by atoms with Gasteiger partial charge in [0.1, 0.15) is 5.82 Å². The van der Waals surface area contributed by atoms with Gasteiger partial charge in [0.2, 0.25) is 0 Å². The van der Waals surface area contributed by atoms with E-state index in [1.165, 1.54) is 0 Å². The smallest absolute Gasteiger partial charge is 0.399 e. The molecule has 0 aliphatic carbocycles. The lowest BCUT2D eigenvalue weighted by molar-refractivity contribution is 0.00578. The fourth-order valence-electron chi connectivity index (χ4n) is 1.72. The van der Waals surface area contributed by atoms with Crippen molar-refractivity contribution in [3.8, 4) is 0 Å². The van der Waals surface area contributed by atoms with Gasteiger partial charge in [-0.15, -0.1) is 0 Å². The summed E-state index contributed by atoms with van der Waals surface area (Å²) in [7, 11) is -0.666. The molecule has 0 aromatic heterocycles. The molecule has 98 valence electrons. The van der Waals surface area contributed by atoms with Crippen molar-refractivity contribution in [2.45, 2.75) is 38.9 Å². The van der Waals surface area contributed by atoms with Crippen LogP contribution in [-0.2, 0) is 9.31 Å². The number of benzene rings is 1. The molecule has 1 saturated heterocycles. The average Bonchev–Trinajstić information content (AvgIpc) is 2.42. The first-order valence-electron chi connectivity index (χ1n) is 5.64. The summed E-state index contributed by atoms with van der Waals surface area (Å²) in [5.74, 6) is -0.280. The summed E-state index contributed by atoms with van der Waals surface area (Å²) in [6.45, 7) is 7.81. The van der Waals surface area contributed by atoms with Crippen molar-refractivity contribution in [2.75, 3.05) is 0 Å². The molecule has 0 saturated carbocycles. The van der Waals surface area contributed by atoms with Gasteiger partial charge in [0.25, 0.3) is 0 Å². The van der Waals surface area contributed by atoms with E-state index < -0.39 is 18.3 Å². The molecule has 0 atom stereocenters. The van der Waals surface area contributed by atoms with E-state index in [-0.39, 0.29) is 5.82 Å². The minimum absolute atomic E-state index is 0.280. The second-order valence-electron chi connectivity index (χ2n) is 5.38. The van der Waals surface area contributed by atoms with Crippen molar-refractivity contribution in [2.24, 2.45) is 0 Å². The first-order valence-corrected chi connectivity index (χ1v) is 7.51. The molecule has 0 spiro atoms. The molecule has 1 fully saturated rings. The Kier molecular flexibility index (Phi) is 3.86. The lowest BCUT2D eigenvalue weighted by atomic mass is 9.79. The van der Waals surface area contributed by atoms with Crippen LogP contribution in [0.1, 0.15) is 27.7 Å². The van der Waals surface area contributed by atoms with E-state index in [9.17, 15) is 4.39 Å². The Hall–Kier alpha value is 0.345. The normalized spacial score (nSPS) is 21.4. The zero-order chi connectivity index (χ0) is 13.7. The van der Waals surface area contributed by atoms with E-state index in [4.69, 9.17) is 9.31 Å². The Balaban J connectivity index is 2.41. The van der Waals surface area contributed by atoms with Gasteiger partial charge in [-0.3, -0.25) is 0 Å². The summed E-state index contributed by atoms with van der Waals surface area (Å²) in [6, 6.07) is 3.43. The first-order chi connectivity index (χ1) is 8.14. The summed E-state index contributed by atoms with van der Waals surface area (Å²) in [4.78, 5) is 0. The quantitative estimate of drug-likeness (QED) is 0.389. The third kappa shape index (κ3) is 2.49. The molecule has 2 nitrogen and oxygen atoms in total. The Bertz CT molecular complexity index is 477. The van der Waals surface area contributed by atoms with Crippen LogP contribution in [0.15, 0.2) is 16.6 Å². The van der Waals surface area contributed by atoms with E-state index in [2.05, 4.69) is 15.9 Å². The highest BCUT2D eigenvalue weighted by Gasteiger charge is 2.52. The number of hydrogen-bond acceptors (Lipinski definition) is 2. The highest BCUT2D eigenvalue weighted by molar-refractivity contribution is 14.1. The van der Waals surface area contributed by atoms with Crippen LogP contribution < -0.4 is 5.46 Å². The minimum Gasteiger partial charge on any atom is -0.399 e. The monoisotopic (exact) mass is 426 g/mol. The summed E-state index contributed by atoms with van der Waals surface area (Å²) in [5.41, 5.74) is -0.483. The third-order valence-electron chi connectivity index (χ3n) is 3.53. The van der Waals surface area contributed by atoms with Gasteiger partial charge < -0.3 is 9.31 Å². The molecule has 0 amide bonds. The SMILES string of the molecule is CC1(C)OB(c2cc(Br)cc(I)c2F)OC1(C)C. The van der Waals surface area contributed by atoms with Crippen LogP contribution in [0.4, 0.5) is 4.39 Å². The van der Waals surface area contributed by atoms with Crippen LogP contribution in [0.25, 0.3) is 0 Å². The number of halogens is 3. The van der Waals surface area contributed by atoms with Gasteiger partial charge in [0, 0.05) is 13.5 Å². The van der Waals surface area contributed by atoms with Crippen LogP contribution in [0, 0.1) is 9.39 Å². The van der Waals surface area contributed by atoms with Gasteiger partial charge in [-0.25, -0.2) is 4.39 Å². The lowest BCUT2D eigenvalue weighted by Gasteiger charge is -2.32. The Morgan fingerprint density at radius 2 is 1.67 bits per heavy atom. The third-order valence-corrected chi connectivity index (χ3v) is 4.77. The molecule has 2 rings (SSSR count). The fourth-order valence-corrected chi connectivity index (χ4v) is 3.27. The van der Waals surface area contributed by atoms with Gasteiger partial charge >= 0.3 is 7.12 Å². The van der Waals surface area contributed by atoms with E-state index in [1.807, 2.05) is 50.3 Å². The van der Waals surface area contributed by atoms with Gasteiger partial charge in [-0.1, -0.05) is 15.9 Å². The average molecular weight is 427 g/mol. The molecule has 1 heterocycles. The molecule has 0 unspecified atom stereocenters. The van der Waals surface area contributed by atoms with Crippen molar-refractivity contribution in [3.05, 3.63) is 26.0 Å². The zero-order valence-corrected chi connectivity index (χ0v) is 14.4. The van der Waals surface area contributed by atoms with Crippen LogP contribution in [0.2, 0.25) is 0 Å². The van der Waals surface area contributed by atoms with Gasteiger partial charge in [-0.05, 0) is 62.4 Å². The van der Waals surface area contributed by atoms with Crippen molar-refractivity contribution < 1.29 is 13.7 Å². The van der Waals surface area contributed by atoms with Crippen molar-refractivity contribution in [1.82, 2.24) is 0 Å². The molecule has 1 aromatic carbocycles. The van der Waals surface area contributed by atoms with Crippen molar-refractivity contribution in [3.63, 3.8) is 0 Å². The van der Waals surface area contributed by atoms with Gasteiger partial charge in [0.15, 0.2) is 0 Å². The largest absolute Gasteiger partial charge is 0.497 e. The number of rotatable bonds is 1. The zero-order valence-electron chi connectivity index (χ0n) is 10.7. The molecule has 0 N–H and O–H groups in total. The molecular weight excluding hydrogens is 413 g/mol. The second kappa shape index (κ2) is 4.72. The van der Waals surface area contributed by atoms with Crippen LogP contribution in [-0.4, -0.2) is 18.3 Å². The van der Waals surface area contributed by atoms with E-state index in [1.54, 1.807) is 12.1 Å². The van der Waals surface area contributed by atoms with Gasteiger partial charge in [-0.2, -0.15) is 0 Å². The summed E-state index contributed by atoms with van der Waals surface area (Å²) < 4.78 is 27.2. The van der Waals surface area contributed by atoms with E-state index >= 15 is 0 Å². The van der Waals surface area contributed by atoms with Crippen LogP contribution >= 0.6 is 38.5 Å². The molecule has 18 heavy (non-hydrogen) atoms. The van der Waals surface area contributed by atoms with Crippen molar-refractivity contribution in [1.29, 1.82) is 0 Å². The Morgan fingerprint density at radius 3 is 2.17 bits per heavy atom. The molecule has 1 aliphatic rings. The molecular formula is C12H14BBrFIO2. The minimum atomic E-state index is -0.666. The predicted octanol–water partition coefficient (Wildman–Crippen LogP) is 3.49. The maximum absolute atomic E-state index is 14.1. The number of hydrogen-bond donors (Lipinski definition) is 0. The Morgan fingerprint density at radius 1 is 1.17 bits per heavy atom. The molecule has 6 heteroatoms.